The zero-order valence-corrected chi connectivity index (χ0v) is 11.2. The summed E-state index contributed by atoms with van der Waals surface area (Å²) in [5, 5.41) is 2.54. The molecule has 2 rings (SSSR count). The van der Waals surface area contributed by atoms with Crippen LogP contribution in [0.15, 0.2) is 41.8 Å². The summed E-state index contributed by atoms with van der Waals surface area (Å²) in [6.45, 7) is 0. The van der Waals surface area contributed by atoms with Crippen molar-refractivity contribution in [2.45, 2.75) is 6.42 Å². The van der Waals surface area contributed by atoms with Gasteiger partial charge in [0.25, 0.3) is 0 Å². The molecule has 2 aromatic rings. The van der Waals surface area contributed by atoms with Crippen LogP contribution in [-0.2, 0) is 11.2 Å². The van der Waals surface area contributed by atoms with E-state index >= 15 is 0 Å². The van der Waals surface area contributed by atoms with Crippen LogP contribution >= 0.6 is 22.9 Å². The van der Waals surface area contributed by atoms with E-state index in [4.69, 9.17) is 17.3 Å². The van der Waals surface area contributed by atoms with Gasteiger partial charge in [-0.1, -0.05) is 29.8 Å². The highest BCUT2D eigenvalue weighted by atomic mass is 35.5. The Kier molecular flexibility index (Phi) is 4.18. The number of benzene rings is 1. The zero-order valence-electron chi connectivity index (χ0n) is 9.60. The van der Waals surface area contributed by atoms with Crippen molar-refractivity contribution < 1.29 is 4.79 Å². The van der Waals surface area contributed by atoms with Crippen molar-refractivity contribution >= 4 is 40.5 Å². The number of nitrogen functional groups attached to an aromatic ring is 1. The Morgan fingerprint density at radius 3 is 2.61 bits per heavy atom. The molecular weight excluding hydrogens is 266 g/mol. The fourth-order valence-corrected chi connectivity index (χ4v) is 2.58. The molecule has 2 N–H and O–H groups in total. The van der Waals surface area contributed by atoms with E-state index in [1.54, 1.807) is 30.4 Å². The highest BCUT2D eigenvalue weighted by molar-refractivity contribution is 7.10. The first-order valence-electron chi connectivity index (χ1n) is 5.43. The van der Waals surface area contributed by atoms with Gasteiger partial charge in [-0.3, -0.25) is 4.79 Å². The van der Waals surface area contributed by atoms with E-state index < -0.39 is 0 Å². The summed E-state index contributed by atoms with van der Waals surface area (Å²) in [7, 11) is 0. The maximum Gasteiger partial charge on any atom is 0.160 e. The smallest absolute Gasteiger partial charge is 0.160 e. The first-order valence-corrected chi connectivity index (χ1v) is 6.69. The fraction of sp³-hybridized carbons (Fsp3) is 0.0714. The summed E-state index contributed by atoms with van der Waals surface area (Å²) in [4.78, 5) is 12.6. The van der Waals surface area contributed by atoms with Crippen LogP contribution in [0.5, 0.6) is 0 Å². The molecule has 0 fully saturated rings. The molecule has 2 nitrogen and oxygen atoms in total. The van der Waals surface area contributed by atoms with Gasteiger partial charge in [0.05, 0.1) is 5.02 Å². The number of hydrogen-bond acceptors (Lipinski definition) is 3. The summed E-state index contributed by atoms with van der Waals surface area (Å²) in [5.41, 5.74) is 7.25. The second kappa shape index (κ2) is 5.85. The minimum atomic E-state index is 0.0381. The van der Waals surface area contributed by atoms with E-state index in [9.17, 15) is 4.79 Å². The molecule has 1 heterocycles. The molecule has 92 valence electrons. The standard InChI is InChI=1S/C14H12ClNOS/c15-13-7-8-18-14(13)9-12(17)6-3-10-1-4-11(16)5-2-10/h1-8H,9,16H2/b6-3+. The van der Waals surface area contributed by atoms with Gasteiger partial charge in [-0.2, -0.15) is 0 Å². The number of carbonyl (C=O) groups excluding carboxylic acids is 1. The molecule has 1 aromatic carbocycles. The van der Waals surface area contributed by atoms with E-state index in [0.717, 1.165) is 10.4 Å². The highest BCUT2D eigenvalue weighted by Crippen LogP contribution is 2.22. The van der Waals surface area contributed by atoms with Gasteiger partial charge in [0.2, 0.25) is 0 Å². The molecule has 0 spiro atoms. The van der Waals surface area contributed by atoms with Crippen LogP contribution < -0.4 is 5.73 Å². The number of nitrogens with two attached hydrogens (primary N) is 1. The third-order valence-corrected chi connectivity index (χ3v) is 3.81. The predicted octanol–water partition coefficient (Wildman–Crippen LogP) is 3.81. The van der Waals surface area contributed by atoms with Crippen LogP contribution in [0.1, 0.15) is 10.4 Å². The average molecular weight is 278 g/mol. The number of thiophene rings is 1. The molecule has 0 unspecified atom stereocenters. The van der Waals surface area contributed by atoms with Crippen LogP contribution in [0.2, 0.25) is 5.02 Å². The van der Waals surface area contributed by atoms with Gasteiger partial charge in [0.15, 0.2) is 5.78 Å². The van der Waals surface area contributed by atoms with Crippen molar-refractivity contribution in [3.8, 4) is 0 Å². The van der Waals surface area contributed by atoms with Crippen LogP contribution in [-0.4, -0.2) is 5.78 Å². The summed E-state index contributed by atoms with van der Waals surface area (Å²) in [6.07, 6.45) is 3.70. The number of ketones is 1. The van der Waals surface area contributed by atoms with Gasteiger partial charge in [-0.05, 0) is 35.2 Å². The summed E-state index contributed by atoms with van der Waals surface area (Å²) in [5.74, 6) is 0.0381. The van der Waals surface area contributed by atoms with Crippen LogP contribution in [0, 0.1) is 0 Å². The van der Waals surface area contributed by atoms with E-state index in [1.165, 1.54) is 11.3 Å². The number of hydrogen-bond donors (Lipinski definition) is 1. The lowest BCUT2D eigenvalue weighted by Gasteiger charge is -1.96. The lowest BCUT2D eigenvalue weighted by atomic mass is 10.1. The summed E-state index contributed by atoms with van der Waals surface area (Å²) in [6, 6.07) is 9.16. The molecule has 0 saturated carbocycles. The van der Waals surface area contributed by atoms with Crippen LogP contribution in [0.4, 0.5) is 5.69 Å². The van der Waals surface area contributed by atoms with Gasteiger partial charge >= 0.3 is 0 Å². The second-order valence-corrected chi connectivity index (χ2v) is 5.24. The quantitative estimate of drug-likeness (QED) is 0.682. The Morgan fingerprint density at radius 1 is 1.28 bits per heavy atom. The predicted molar refractivity (Wildman–Crippen MR) is 77.9 cm³/mol. The fourth-order valence-electron chi connectivity index (χ4n) is 1.46. The maximum atomic E-state index is 11.7. The van der Waals surface area contributed by atoms with Crippen molar-refractivity contribution in [1.82, 2.24) is 0 Å². The third-order valence-electron chi connectivity index (χ3n) is 2.42. The first kappa shape index (κ1) is 12.9. The Morgan fingerprint density at radius 2 is 2.00 bits per heavy atom. The molecule has 0 amide bonds. The van der Waals surface area contributed by atoms with Gasteiger partial charge in [-0.25, -0.2) is 0 Å². The van der Waals surface area contributed by atoms with Crippen molar-refractivity contribution in [2.24, 2.45) is 0 Å². The molecule has 1 aromatic heterocycles. The highest BCUT2D eigenvalue weighted by Gasteiger charge is 2.05. The first-order chi connectivity index (χ1) is 8.65. The molecule has 0 bridgehead atoms. The molecule has 4 heteroatoms. The van der Waals surface area contributed by atoms with Gasteiger partial charge in [-0.15, -0.1) is 11.3 Å². The van der Waals surface area contributed by atoms with Crippen LogP contribution in [0.3, 0.4) is 0 Å². The van der Waals surface area contributed by atoms with Crippen molar-refractivity contribution in [2.75, 3.05) is 5.73 Å². The Bertz CT molecular complexity index is 572. The van der Waals surface area contributed by atoms with E-state index in [1.807, 2.05) is 17.5 Å². The van der Waals surface area contributed by atoms with Crippen molar-refractivity contribution in [1.29, 1.82) is 0 Å². The molecule has 0 aliphatic rings. The molecule has 0 aliphatic heterocycles. The Labute approximate surface area is 115 Å². The molecule has 0 atom stereocenters. The van der Waals surface area contributed by atoms with Crippen LogP contribution in [0.25, 0.3) is 6.08 Å². The molecular formula is C14H12ClNOS. The lowest BCUT2D eigenvalue weighted by molar-refractivity contribution is -0.113. The minimum Gasteiger partial charge on any atom is -0.399 e. The topological polar surface area (TPSA) is 43.1 Å². The van der Waals surface area contributed by atoms with Crippen molar-refractivity contribution in [3.63, 3.8) is 0 Å². The number of anilines is 1. The monoisotopic (exact) mass is 277 g/mol. The molecule has 18 heavy (non-hydrogen) atoms. The average Bonchev–Trinajstić information content (AvgIpc) is 2.74. The Hall–Kier alpha value is -1.58. The lowest BCUT2D eigenvalue weighted by Crippen LogP contribution is -1.96. The summed E-state index contributed by atoms with van der Waals surface area (Å²) < 4.78 is 0. The summed E-state index contributed by atoms with van der Waals surface area (Å²) >= 11 is 7.44. The number of carbonyl (C=O) groups is 1. The maximum absolute atomic E-state index is 11.7. The van der Waals surface area contributed by atoms with Crippen molar-refractivity contribution in [3.05, 3.63) is 57.3 Å². The molecule has 0 radical (unpaired) electrons. The largest absolute Gasteiger partial charge is 0.399 e. The Balaban J connectivity index is 1.99. The molecule has 0 saturated heterocycles. The SMILES string of the molecule is Nc1ccc(/C=C/C(=O)Cc2sccc2Cl)cc1. The zero-order chi connectivity index (χ0) is 13.0. The third kappa shape index (κ3) is 3.45. The number of rotatable bonds is 4. The van der Waals surface area contributed by atoms with E-state index in [0.29, 0.717) is 17.1 Å². The van der Waals surface area contributed by atoms with Gasteiger partial charge < -0.3 is 5.73 Å². The second-order valence-electron chi connectivity index (χ2n) is 3.83. The van der Waals surface area contributed by atoms with E-state index in [-0.39, 0.29) is 5.78 Å². The van der Waals surface area contributed by atoms with E-state index in [2.05, 4.69) is 0 Å². The van der Waals surface area contributed by atoms with Gasteiger partial charge in [0, 0.05) is 17.0 Å². The normalized spacial score (nSPS) is 10.9. The number of allylic oxidation sites excluding steroid dienone is 1. The molecule has 0 aliphatic carbocycles. The number of halogens is 1. The minimum absolute atomic E-state index is 0.0381. The van der Waals surface area contributed by atoms with Gasteiger partial charge in [0.1, 0.15) is 0 Å².